The second-order valence-electron chi connectivity index (χ2n) is 8.72. The number of nitrogens with zero attached hydrogens (tertiary/aromatic N) is 2. The van der Waals surface area contributed by atoms with Gasteiger partial charge in [0, 0.05) is 53.9 Å². The summed E-state index contributed by atoms with van der Waals surface area (Å²) in [5.41, 5.74) is 3.93. The number of halogens is 1. The minimum absolute atomic E-state index is 0. The van der Waals surface area contributed by atoms with E-state index in [4.69, 9.17) is 9.47 Å². The number of carbonyl (C=O) groups excluding carboxylic acids is 1. The minimum Gasteiger partial charge on any atom is -0.457 e. The van der Waals surface area contributed by atoms with E-state index in [-0.39, 0.29) is 24.2 Å². The van der Waals surface area contributed by atoms with Crippen molar-refractivity contribution in [3.63, 3.8) is 0 Å². The van der Waals surface area contributed by atoms with Crippen molar-refractivity contribution in [3.8, 4) is 11.5 Å². The fourth-order valence-electron chi connectivity index (χ4n) is 4.52. The molecule has 0 spiro atoms. The van der Waals surface area contributed by atoms with E-state index in [0.717, 1.165) is 51.7 Å². The standard InChI is InChI=1S/C29H29N3O3S.ClH/c1-36-28-12-11-21(19-34-16-6-14-32-15-13-30-20-32)17-25(28)31-29(33)18-24-22-7-2-4-9-26(22)35-27-10-5-3-8-23(24)27;/h2-5,7-13,15,17,20,24H,6,14,16,18-19H2,1H3,(H,31,33);1H. The van der Waals surface area contributed by atoms with Gasteiger partial charge in [0.25, 0.3) is 0 Å². The maximum atomic E-state index is 13.3. The first-order valence-electron chi connectivity index (χ1n) is 12.1. The molecule has 1 aliphatic heterocycles. The van der Waals surface area contributed by atoms with Crippen molar-refractivity contribution >= 4 is 35.8 Å². The molecule has 5 rings (SSSR count). The molecule has 0 fully saturated rings. The molecule has 192 valence electrons. The Hall–Kier alpha value is -3.26. The summed E-state index contributed by atoms with van der Waals surface area (Å²) in [6, 6.07) is 22.0. The van der Waals surface area contributed by atoms with Gasteiger partial charge in [-0.15, -0.1) is 24.2 Å². The molecular formula is C29H30ClN3O3S. The van der Waals surface area contributed by atoms with Crippen LogP contribution in [-0.4, -0.2) is 28.3 Å². The van der Waals surface area contributed by atoms with Crippen molar-refractivity contribution in [3.05, 3.63) is 102 Å². The number of ether oxygens (including phenoxy) is 2. The summed E-state index contributed by atoms with van der Waals surface area (Å²) in [7, 11) is 0. The number of nitrogens with one attached hydrogen (secondary N) is 1. The maximum Gasteiger partial charge on any atom is 0.225 e. The molecule has 1 N–H and O–H groups in total. The number of thioether (sulfide) groups is 1. The Balaban J connectivity index is 0.00000320. The molecule has 3 aromatic carbocycles. The summed E-state index contributed by atoms with van der Waals surface area (Å²) in [5, 5.41) is 3.16. The SMILES string of the molecule is CSc1ccc(COCCCn2ccnc2)cc1NC(=O)CC1c2ccccc2Oc2ccccc21.Cl. The first-order chi connectivity index (χ1) is 17.7. The van der Waals surface area contributed by atoms with Gasteiger partial charge in [-0.05, 0) is 42.5 Å². The molecule has 0 unspecified atom stereocenters. The zero-order valence-corrected chi connectivity index (χ0v) is 22.3. The lowest BCUT2D eigenvalue weighted by Crippen LogP contribution is -2.19. The Kier molecular flexibility index (Phi) is 9.28. The Morgan fingerprint density at radius 3 is 2.49 bits per heavy atom. The van der Waals surface area contributed by atoms with Crippen LogP contribution >= 0.6 is 24.2 Å². The van der Waals surface area contributed by atoms with Crippen molar-refractivity contribution in [2.75, 3.05) is 18.2 Å². The molecule has 6 nitrogen and oxygen atoms in total. The van der Waals surface area contributed by atoms with Gasteiger partial charge < -0.3 is 19.4 Å². The van der Waals surface area contributed by atoms with Crippen molar-refractivity contribution in [1.82, 2.24) is 9.55 Å². The van der Waals surface area contributed by atoms with Crippen LogP contribution in [-0.2, 0) is 22.7 Å². The monoisotopic (exact) mass is 535 g/mol. The van der Waals surface area contributed by atoms with Gasteiger partial charge in [0.2, 0.25) is 5.91 Å². The lowest BCUT2D eigenvalue weighted by molar-refractivity contribution is -0.116. The quantitative estimate of drug-likeness (QED) is 0.177. The van der Waals surface area contributed by atoms with Gasteiger partial charge >= 0.3 is 0 Å². The largest absolute Gasteiger partial charge is 0.457 e. The summed E-state index contributed by atoms with van der Waals surface area (Å²) in [6.45, 7) is 2.04. The highest BCUT2D eigenvalue weighted by atomic mass is 35.5. The molecule has 0 saturated heterocycles. The Bertz CT molecular complexity index is 1280. The summed E-state index contributed by atoms with van der Waals surface area (Å²) in [4.78, 5) is 18.4. The molecule has 0 radical (unpaired) electrons. The highest BCUT2D eigenvalue weighted by molar-refractivity contribution is 7.98. The lowest BCUT2D eigenvalue weighted by Gasteiger charge is -2.28. The number of aryl methyl sites for hydroxylation is 1. The van der Waals surface area contributed by atoms with Crippen LogP contribution in [0.15, 0.2) is 90.3 Å². The molecule has 1 amide bonds. The van der Waals surface area contributed by atoms with Crippen LogP contribution in [0.2, 0.25) is 0 Å². The van der Waals surface area contributed by atoms with Crippen LogP contribution in [0.25, 0.3) is 0 Å². The summed E-state index contributed by atoms with van der Waals surface area (Å²) >= 11 is 1.62. The Morgan fingerprint density at radius 2 is 1.81 bits per heavy atom. The van der Waals surface area contributed by atoms with Crippen molar-refractivity contribution in [1.29, 1.82) is 0 Å². The number of amides is 1. The molecule has 37 heavy (non-hydrogen) atoms. The van der Waals surface area contributed by atoms with E-state index in [1.807, 2.05) is 84.0 Å². The minimum atomic E-state index is -0.0640. The summed E-state index contributed by atoms with van der Waals surface area (Å²) in [6.07, 6.45) is 8.81. The zero-order valence-electron chi connectivity index (χ0n) is 20.6. The second kappa shape index (κ2) is 12.8. The molecule has 8 heteroatoms. The van der Waals surface area contributed by atoms with Gasteiger partial charge in [-0.3, -0.25) is 4.79 Å². The van der Waals surface area contributed by atoms with Crippen molar-refractivity contribution in [2.24, 2.45) is 0 Å². The van der Waals surface area contributed by atoms with Gasteiger partial charge in [-0.2, -0.15) is 0 Å². The first-order valence-corrected chi connectivity index (χ1v) is 13.3. The highest BCUT2D eigenvalue weighted by Gasteiger charge is 2.28. The number of anilines is 1. The van der Waals surface area contributed by atoms with E-state index in [0.29, 0.717) is 19.6 Å². The number of benzene rings is 3. The molecule has 1 aliphatic rings. The topological polar surface area (TPSA) is 65.4 Å². The number of imidazole rings is 1. The summed E-state index contributed by atoms with van der Waals surface area (Å²) < 4.78 is 14.0. The maximum absolute atomic E-state index is 13.3. The fraction of sp³-hybridized carbons (Fsp3) is 0.241. The van der Waals surface area contributed by atoms with Crippen LogP contribution in [0.3, 0.4) is 0 Å². The smallest absolute Gasteiger partial charge is 0.225 e. The molecule has 4 aromatic rings. The number of para-hydroxylation sites is 2. The number of aromatic nitrogens is 2. The number of carbonyl (C=O) groups is 1. The number of hydrogen-bond acceptors (Lipinski definition) is 5. The lowest BCUT2D eigenvalue weighted by atomic mass is 9.85. The molecule has 0 saturated carbocycles. The number of hydrogen-bond donors (Lipinski definition) is 1. The van der Waals surface area contributed by atoms with E-state index in [9.17, 15) is 4.79 Å². The zero-order chi connectivity index (χ0) is 24.7. The van der Waals surface area contributed by atoms with Crippen molar-refractivity contribution in [2.45, 2.75) is 36.8 Å². The molecular weight excluding hydrogens is 506 g/mol. The van der Waals surface area contributed by atoms with Gasteiger partial charge in [0.1, 0.15) is 11.5 Å². The summed E-state index contributed by atoms with van der Waals surface area (Å²) in [5.74, 6) is 1.53. The van der Waals surface area contributed by atoms with Crippen LogP contribution in [0.4, 0.5) is 5.69 Å². The normalized spacial score (nSPS) is 12.1. The third-order valence-electron chi connectivity index (χ3n) is 6.27. The number of rotatable bonds is 10. The highest BCUT2D eigenvalue weighted by Crippen LogP contribution is 2.45. The predicted octanol–water partition coefficient (Wildman–Crippen LogP) is 6.90. The Morgan fingerprint density at radius 1 is 1.08 bits per heavy atom. The third-order valence-corrected chi connectivity index (χ3v) is 7.06. The second-order valence-corrected chi connectivity index (χ2v) is 9.57. The molecule has 0 bridgehead atoms. The average Bonchev–Trinajstić information content (AvgIpc) is 3.42. The van der Waals surface area contributed by atoms with Gasteiger partial charge in [0.05, 0.1) is 18.6 Å². The van der Waals surface area contributed by atoms with Gasteiger partial charge in [0.15, 0.2) is 0 Å². The number of fused-ring (bicyclic) bond motifs is 2. The van der Waals surface area contributed by atoms with Crippen molar-refractivity contribution < 1.29 is 14.3 Å². The van der Waals surface area contributed by atoms with E-state index >= 15 is 0 Å². The predicted molar refractivity (Wildman–Crippen MR) is 150 cm³/mol. The molecule has 0 aliphatic carbocycles. The van der Waals surface area contributed by atoms with E-state index in [1.165, 1.54) is 0 Å². The van der Waals surface area contributed by atoms with E-state index in [2.05, 4.69) is 16.4 Å². The molecule has 2 heterocycles. The van der Waals surface area contributed by atoms with Crippen LogP contribution in [0.5, 0.6) is 11.5 Å². The van der Waals surface area contributed by atoms with Crippen LogP contribution in [0.1, 0.15) is 35.4 Å². The van der Waals surface area contributed by atoms with E-state index in [1.54, 1.807) is 18.0 Å². The fourth-order valence-corrected chi connectivity index (χ4v) is 5.05. The van der Waals surface area contributed by atoms with E-state index < -0.39 is 0 Å². The first kappa shape index (κ1) is 26.8. The molecule has 1 aromatic heterocycles. The average molecular weight is 536 g/mol. The van der Waals surface area contributed by atoms with Gasteiger partial charge in [-0.1, -0.05) is 42.5 Å². The van der Waals surface area contributed by atoms with Gasteiger partial charge in [-0.25, -0.2) is 4.98 Å². The third kappa shape index (κ3) is 6.55. The van der Waals surface area contributed by atoms with Crippen LogP contribution in [0, 0.1) is 0 Å². The molecule has 0 atom stereocenters. The van der Waals surface area contributed by atoms with Crippen LogP contribution < -0.4 is 10.1 Å². The Labute approximate surface area is 227 Å².